The van der Waals surface area contributed by atoms with Crippen LogP contribution in [0.2, 0.25) is 0 Å². The van der Waals surface area contributed by atoms with Crippen molar-refractivity contribution in [1.82, 2.24) is 15.2 Å². The number of esters is 1. The highest BCUT2D eigenvalue weighted by molar-refractivity contribution is 6.12. The topological polar surface area (TPSA) is 109 Å². The second-order valence-electron chi connectivity index (χ2n) is 8.52. The number of nitrogens with one attached hydrogen (secondary N) is 2. The lowest BCUT2D eigenvalue weighted by Crippen LogP contribution is -2.46. The molecule has 1 aliphatic heterocycles. The van der Waals surface area contributed by atoms with Crippen molar-refractivity contribution in [3.8, 4) is 0 Å². The number of Topliss-reactive ketones (excluding diaryl/α,β-unsaturated/α-hetero) is 1. The number of urea groups is 1. The zero-order valence-electron chi connectivity index (χ0n) is 19.9. The fraction of sp³-hybridized carbons (Fsp3) is 0.259. The van der Waals surface area contributed by atoms with E-state index in [2.05, 4.69) is 10.3 Å². The summed E-state index contributed by atoms with van der Waals surface area (Å²) in [5.41, 5.74) is 1.53. The van der Waals surface area contributed by atoms with Gasteiger partial charge in [-0.3, -0.25) is 14.5 Å². The van der Waals surface area contributed by atoms with E-state index in [-0.39, 0.29) is 24.3 Å². The molecule has 2 aromatic carbocycles. The fourth-order valence-electron chi connectivity index (χ4n) is 4.61. The number of amides is 3. The summed E-state index contributed by atoms with van der Waals surface area (Å²) >= 11 is 0. The van der Waals surface area contributed by atoms with Crippen LogP contribution in [-0.2, 0) is 21.5 Å². The Balaban J connectivity index is 1.66. The van der Waals surface area contributed by atoms with Crippen LogP contribution in [0.3, 0.4) is 0 Å². The number of carbonyl (C=O) groups is 4. The molecule has 2 N–H and O–H groups in total. The first-order chi connectivity index (χ1) is 16.8. The minimum Gasteiger partial charge on any atom is -0.461 e. The predicted molar refractivity (Wildman–Crippen MR) is 129 cm³/mol. The quantitative estimate of drug-likeness (QED) is 0.295. The number of aryl methyl sites for hydroxylation is 1. The molecular formula is C27H27N3O5. The van der Waals surface area contributed by atoms with Gasteiger partial charge < -0.3 is 15.0 Å². The maximum atomic E-state index is 13.8. The first-order valence-corrected chi connectivity index (χ1v) is 11.4. The second-order valence-corrected chi connectivity index (χ2v) is 8.52. The van der Waals surface area contributed by atoms with Gasteiger partial charge in [0.05, 0.1) is 13.2 Å². The van der Waals surface area contributed by atoms with Crippen LogP contribution >= 0.6 is 0 Å². The standard InChI is InChI=1S/C27H27N3O5/c1-4-35-24(32)23-17(2)22(18(3)28-23)21(31)16-30-25(33)27(29-26(30)34,20-13-9-6-10-14-20)15-19-11-7-5-8-12-19/h5-14,28H,4,15-16H2,1-3H3,(H,29,34). The number of ether oxygens (including phenoxy) is 1. The molecule has 1 unspecified atom stereocenters. The van der Waals surface area contributed by atoms with Gasteiger partial charge >= 0.3 is 12.0 Å². The number of imide groups is 1. The number of aromatic amines is 1. The Morgan fingerprint density at radius 2 is 1.60 bits per heavy atom. The van der Waals surface area contributed by atoms with Gasteiger partial charge in [-0.15, -0.1) is 0 Å². The molecule has 3 aromatic rings. The smallest absolute Gasteiger partial charge is 0.355 e. The van der Waals surface area contributed by atoms with Gasteiger partial charge in [0.25, 0.3) is 5.91 Å². The van der Waals surface area contributed by atoms with E-state index in [4.69, 9.17) is 4.74 Å². The summed E-state index contributed by atoms with van der Waals surface area (Å²) in [5, 5.41) is 2.86. The molecule has 0 radical (unpaired) electrons. The van der Waals surface area contributed by atoms with Crippen molar-refractivity contribution in [2.75, 3.05) is 13.2 Å². The first-order valence-electron chi connectivity index (χ1n) is 11.4. The van der Waals surface area contributed by atoms with Gasteiger partial charge in [0.15, 0.2) is 11.3 Å². The van der Waals surface area contributed by atoms with Crippen LogP contribution in [0.25, 0.3) is 0 Å². The molecule has 1 fully saturated rings. The van der Waals surface area contributed by atoms with Crippen LogP contribution in [0.4, 0.5) is 4.79 Å². The Hall–Kier alpha value is -4.20. The maximum absolute atomic E-state index is 13.8. The van der Waals surface area contributed by atoms with Gasteiger partial charge in [0.1, 0.15) is 5.69 Å². The fourth-order valence-corrected chi connectivity index (χ4v) is 4.61. The third-order valence-electron chi connectivity index (χ3n) is 6.25. The van der Waals surface area contributed by atoms with E-state index < -0.39 is 35.8 Å². The molecule has 35 heavy (non-hydrogen) atoms. The lowest BCUT2D eigenvalue weighted by molar-refractivity contribution is -0.131. The highest BCUT2D eigenvalue weighted by Crippen LogP contribution is 2.33. The minimum atomic E-state index is -1.34. The second kappa shape index (κ2) is 9.58. The van der Waals surface area contributed by atoms with Crippen molar-refractivity contribution in [3.05, 3.63) is 94.3 Å². The lowest BCUT2D eigenvalue weighted by atomic mass is 9.83. The van der Waals surface area contributed by atoms with Gasteiger partial charge in [-0.2, -0.15) is 0 Å². The molecule has 4 rings (SSSR count). The monoisotopic (exact) mass is 473 g/mol. The molecule has 180 valence electrons. The lowest BCUT2D eigenvalue weighted by Gasteiger charge is -2.27. The summed E-state index contributed by atoms with van der Waals surface area (Å²) in [4.78, 5) is 56.2. The Morgan fingerprint density at radius 3 is 2.23 bits per heavy atom. The highest BCUT2D eigenvalue weighted by Gasteiger charge is 2.52. The molecule has 2 heterocycles. The SMILES string of the molecule is CCOC(=O)c1[nH]c(C)c(C(=O)CN2C(=O)NC(Cc3ccccc3)(c3ccccc3)C2=O)c1C. The molecule has 1 aromatic heterocycles. The van der Waals surface area contributed by atoms with Crippen LogP contribution < -0.4 is 5.32 Å². The average molecular weight is 474 g/mol. The Bertz CT molecular complexity index is 1280. The van der Waals surface area contributed by atoms with Gasteiger partial charge in [0, 0.05) is 17.7 Å². The average Bonchev–Trinajstić information content (AvgIpc) is 3.28. The zero-order valence-corrected chi connectivity index (χ0v) is 19.9. The predicted octanol–water partition coefficient (Wildman–Crippen LogP) is 3.68. The largest absolute Gasteiger partial charge is 0.461 e. The van der Waals surface area contributed by atoms with E-state index in [1.54, 1.807) is 45.0 Å². The normalized spacial score (nSPS) is 17.4. The zero-order chi connectivity index (χ0) is 25.2. The van der Waals surface area contributed by atoms with E-state index in [0.717, 1.165) is 10.5 Å². The van der Waals surface area contributed by atoms with Gasteiger partial charge in [0.2, 0.25) is 0 Å². The molecule has 3 amide bonds. The van der Waals surface area contributed by atoms with Gasteiger partial charge in [-0.05, 0) is 37.5 Å². The summed E-state index contributed by atoms with van der Waals surface area (Å²) in [6.45, 7) is 4.75. The number of H-pyrrole nitrogens is 1. The van der Waals surface area contributed by atoms with Crippen molar-refractivity contribution in [3.63, 3.8) is 0 Å². The molecule has 0 spiro atoms. The first kappa shape index (κ1) is 23.9. The van der Waals surface area contributed by atoms with Crippen LogP contribution in [0.15, 0.2) is 60.7 Å². The number of rotatable bonds is 8. The molecule has 0 aliphatic carbocycles. The van der Waals surface area contributed by atoms with E-state index in [1.165, 1.54) is 0 Å². The van der Waals surface area contributed by atoms with E-state index >= 15 is 0 Å². The minimum absolute atomic E-state index is 0.188. The number of carbonyl (C=O) groups excluding carboxylic acids is 4. The number of ketones is 1. The van der Waals surface area contributed by atoms with Crippen LogP contribution in [0.1, 0.15) is 50.2 Å². The molecule has 0 saturated carbocycles. The van der Waals surface area contributed by atoms with Crippen molar-refractivity contribution in [2.24, 2.45) is 0 Å². The van der Waals surface area contributed by atoms with Crippen LogP contribution in [-0.4, -0.2) is 46.7 Å². The number of aromatic nitrogens is 1. The number of hydrogen-bond acceptors (Lipinski definition) is 5. The maximum Gasteiger partial charge on any atom is 0.355 e. The molecule has 0 bridgehead atoms. The van der Waals surface area contributed by atoms with Crippen molar-refractivity contribution >= 4 is 23.7 Å². The van der Waals surface area contributed by atoms with Crippen molar-refractivity contribution in [1.29, 1.82) is 0 Å². The van der Waals surface area contributed by atoms with Crippen molar-refractivity contribution in [2.45, 2.75) is 32.7 Å². The number of nitrogens with zero attached hydrogens (tertiary/aromatic N) is 1. The summed E-state index contributed by atoms with van der Waals surface area (Å²) < 4.78 is 5.05. The van der Waals surface area contributed by atoms with E-state index in [0.29, 0.717) is 16.8 Å². The van der Waals surface area contributed by atoms with Gasteiger partial charge in [-0.1, -0.05) is 60.7 Å². The highest BCUT2D eigenvalue weighted by atomic mass is 16.5. The molecule has 8 nitrogen and oxygen atoms in total. The van der Waals surface area contributed by atoms with E-state index in [9.17, 15) is 19.2 Å². The summed E-state index contributed by atoms with van der Waals surface area (Å²) in [5.74, 6) is -1.51. The molecular weight excluding hydrogens is 446 g/mol. The summed E-state index contributed by atoms with van der Waals surface area (Å²) in [7, 11) is 0. The molecule has 8 heteroatoms. The number of benzene rings is 2. The van der Waals surface area contributed by atoms with Crippen molar-refractivity contribution < 1.29 is 23.9 Å². The van der Waals surface area contributed by atoms with Gasteiger partial charge in [-0.25, -0.2) is 9.59 Å². The van der Waals surface area contributed by atoms with Crippen LogP contribution in [0.5, 0.6) is 0 Å². The molecule has 1 aliphatic rings. The third-order valence-corrected chi connectivity index (χ3v) is 6.25. The Labute approximate surface area is 203 Å². The summed E-state index contributed by atoms with van der Waals surface area (Å²) in [6, 6.07) is 17.8. The van der Waals surface area contributed by atoms with E-state index in [1.807, 2.05) is 36.4 Å². The Kier molecular flexibility index (Phi) is 6.55. The molecule has 1 saturated heterocycles. The summed E-state index contributed by atoms with van der Waals surface area (Å²) in [6.07, 6.45) is 0.238. The molecule has 1 atom stereocenters. The number of hydrogen-bond donors (Lipinski definition) is 2. The van der Waals surface area contributed by atoms with Crippen LogP contribution in [0, 0.1) is 13.8 Å². The Morgan fingerprint density at radius 1 is 0.971 bits per heavy atom. The third kappa shape index (κ3) is 4.35.